The van der Waals surface area contributed by atoms with Crippen LogP contribution in [0.3, 0.4) is 0 Å². The Kier molecular flexibility index (Phi) is 5.37. The molecule has 1 N–H and O–H groups in total. The van der Waals surface area contributed by atoms with E-state index in [2.05, 4.69) is 10.4 Å². The van der Waals surface area contributed by atoms with Crippen LogP contribution in [0.4, 0.5) is 13.2 Å². The average molecular weight is 400 g/mol. The van der Waals surface area contributed by atoms with Crippen LogP contribution < -0.4 is 11.0 Å². The lowest BCUT2D eigenvalue weighted by atomic mass is 10.1. The molecular weight excluding hydrogens is 385 g/mol. The Morgan fingerprint density at radius 2 is 1.90 bits per heavy atom. The number of para-hydroxylation sites is 1. The van der Waals surface area contributed by atoms with Crippen molar-refractivity contribution in [3.8, 4) is 6.07 Å². The second kappa shape index (κ2) is 7.75. The molecule has 29 heavy (non-hydrogen) atoms. The Balaban J connectivity index is 1.98. The van der Waals surface area contributed by atoms with Crippen molar-refractivity contribution in [1.82, 2.24) is 9.66 Å². The first-order valence-electron chi connectivity index (χ1n) is 8.65. The minimum Gasteiger partial charge on any atom is -0.273 e. The van der Waals surface area contributed by atoms with Crippen LogP contribution in [0.15, 0.2) is 47.3 Å². The van der Waals surface area contributed by atoms with Gasteiger partial charge in [0.15, 0.2) is 0 Å². The summed E-state index contributed by atoms with van der Waals surface area (Å²) >= 11 is 0. The summed E-state index contributed by atoms with van der Waals surface area (Å²) in [6.45, 7) is 1.62. The number of rotatable bonds is 4. The number of carbonyl (C=O) groups is 1. The first-order chi connectivity index (χ1) is 13.7. The van der Waals surface area contributed by atoms with E-state index < -0.39 is 28.7 Å². The minimum absolute atomic E-state index is 0.00683. The summed E-state index contributed by atoms with van der Waals surface area (Å²) in [7, 11) is 0. The number of amides is 1. The fraction of sp³-hybridized carbons (Fsp3) is 0.200. The number of fused-ring (bicyclic) bond motifs is 1. The molecule has 0 atom stereocenters. The Morgan fingerprint density at radius 1 is 1.21 bits per heavy atom. The summed E-state index contributed by atoms with van der Waals surface area (Å²) in [5.74, 6) is -0.535. The van der Waals surface area contributed by atoms with Crippen molar-refractivity contribution in [1.29, 1.82) is 5.26 Å². The molecule has 6 nitrogen and oxygen atoms in total. The average Bonchev–Trinajstić information content (AvgIpc) is 2.69. The highest BCUT2D eigenvalue weighted by molar-refractivity contribution is 5.87. The van der Waals surface area contributed by atoms with E-state index in [1.165, 1.54) is 6.07 Å². The molecule has 0 spiro atoms. The molecule has 0 bridgehead atoms. The maximum atomic E-state index is 13.3. The van der Waals surface area contributed by atoms with E-state index in [0.717, 1.165) is 16.8 Å². The van der Waals surface area contributed by atoms with E-state index in [-0.39, 0.29) is 24.1 Å². The van der Waals surface area contributed by atoms with Crippen LogP contribution in [-0.2, 0) is 23.8 Å². The van der Waals surface area contributed by atoms with Gasteiger partial charge in [-0.1, -0.05) is 25.1 Å². The fourth-order valence-corrected chi connectivity index (χ4v) is 2.88. The number of nitriles is 1. The molecule has 0 unspecified atom stereocenters. The lowest BCUT2D eigenvalue weighted by Crippen LogP contribution is -2.37. The first kappa shape index (κ1) is 20.1. The van der Waals surface area contributed by atoms with Gasteiger partial charge in [0.1, 0.15) is 5.82 Å². The van der Waals surface area contributed by atoms with Crippen molar-refractivity contribution in [3.05, 3.63) is 75.3 Å². The van der Waals surface area contributed by atoms with Crippen molar-refractivity contribution in [2.75, 3.05) is 5.43 Å². The number of hydrogen-bond acceptors (Lipinski definition) is 4. The van der Waals surface area contributed by atoms with Gasteiger partial charge < -0.3 is 0 Å². The first-order valence-corrected chi connectivity index (χ1v) is 8.65. The van der Waals surface area contributed by atoms with Crippen LogP contribution in [0.1, 0.15) is 29.4 Å². The van der Waals surface area contributed by atoms with Crippen molar-refractivity contribution < 1.29 is 18.0 Å². The van der Waals surface area contributed by atoms with Crippen LogP contribution in [0.2, 0.25) is 0 Å². The lowest BCUT2D eigenvalue weighted by Gasteiger charge is -2.15. The standard InChI is InChI=1S/C20H15F3N4O2/c1-2-16-25-18-14(4-3-5-15(18)20(21,22)23)19(29)27(16)26-17(28)10-12-6-8-13(11-24)9-7-12/h3-9H,2,10H2,1H3,(H,26,28). The SMILES string of the molecule is CCc1nc2c(C(F)(F)F)cccc2c(=O)n1NC(=O)Cc1ccc(C#N)cc1. The van der Waals surface area contributed by atoms with E-state index in [0.29, 0.717) is 11.1 Å². The molecule has 0 aliphatic heterocycles. The summed E-state index contributed by atoms with van der Waals surface area (Å²) in [5, 5.41) is 8.56. The zero-order valence-electron chi connectivity index (χ0n) is 15.2. The predicted molar refractivity (Wildman–Crippen MR) is 99.6 cm³/mol. The number of nitrogens with one attached hydrogen (secondary N) is 1. The monoisotopic (exact) mass is 400 g/mol. The molecular formula is C20H15F3N4O2. The van der Waals surface area contributed by atoms with Crippen molar-refractivity contribution in [2.45, 2.75) is 25.9 Å². The van der Waals surface area contributed by atoms with Gasteiger partial charge in [0.05, 0.1) is 34.5 Å². The number of carbonyl (C=O) groups excluding carboxylic acids is 1. The Labute approximate surface area is 163 Å². The van der Waals surface area contributed by atoms with E-state index in [1.807, 2.05) is 6.07 Å². The van der Waals surface area contributed by atoms with Crippen molar-refractivity contribution >= 4 is 16.8 Å². The highest BCUT2D eigenvalue weighted by atomic mass is 19.4. The van der Waals surface area contributed by atoms with Crippen molar-refractivity contribution in [2.24, 2.45) is 0 Å². The highest BCUT2D eigenvalue weighted by Crippen LogP contribution is 2.33. The van der Waals surface area contributed by atoms with Crippen molar-refractivity contribution in [3.63, 3.8) is 0 Å². The van der Waals surface area contributed by atoms with E-state index >= 15 is 0 Å². The molecule has 1 heterocycles. The number of nitrogens with zero attached hydrogens (tertiary/aromatic N) is 3. The highest BCUT2D eigenvalue weighted by Gasteiger charge is 2.34. The summed E-state index contributed by atoms with van der Waals surface area (Å²) < 4.78 is 40.6. The topological polar surface area (TPSA) is 87.8 Å². The molecule has 3 aromatic rings. The third-order valence-corrected chi connectivity index (χ3v) is 4.27. The Bertz CT molecular complexity index is 1180. The van der Waals surface area contributed by atoms with Gasteiger partial charge >= 0.3 is 6.18 Å². The molecule has 0 aliphatic carbocycles. The molecule has 0 aliphatic rings. The number of aryl methyl sites for hydroxylation is 1. The van der Waals surface area contributed by atoms with E-state index in [1.54, 1.807) is 31.2 Å². The number of benzene rings is 2. The van der Waals surface area contributed by atoms with Gasteiger partial charge in [0, 0.05) is 6.42 Å². The van der Waals surface area contributed by atoms with Crippen LogP contribution in [-0.4, -0.2) is 15.6 Å². The fourth-order valence-electron chi connectivity index (χ4n) is 2.88. The molecule has 0 saturated carbocycles. The van der Waals surface area contributed by atoms with Crippen LogP contribution in [0.5, 0.6) is 0 Å². The van der Waals surface area contributed by atoms with Gasteiger partial charge in [0.25, 0.3) is 5.56 Å². The van der Waals surface area contributed by atoms with Crippen LogP contribution in [0, 0.1) is 11.3 Å². The number of alkyl halides is 3. The van der Waals surface area contributed by atoms with Gasteiger partial charge in [-0.05, 0) is 29.8 Å². The van der Waals surface area contributed by atoms with E-state index in [4.69, 9.17) is 5.26 Å². The molecule has 9 heteroatoms. The third-order valence-electron chi connectivity index (χ3n) is 4.27. The number of aromatic nitrogens is 2. The predicted octanol–water partition coefficient (Wildman–Crippen LogP) is 3.16. The third kappa shape index (κ3) is 4.11. The largest absolute Gasteiger partial charge is 0.418 e. The molecule has 0 radical (unpaired) electrons. The second-order valence-electron chi connectivity index (χ2n) is 6.24. The van der Waals surface area contributed by atoms with Gasteiger partial charge in [-0.3, -0.25) is 15.0 Å². The molecule has 0 saturated heterocycles. The number of halogens is 3. The van der Waals surface area contributed by atoms with Gasteiger partial charge in [-0.2, -0.15) is 18.4 Å². The zero-order chi connectivity index (χ0) is 21.2. The van der Waals surface area contributed by atoms with Gasteiger partial charge in [0.2, 0.25) is 5.91 Å². The smallest absolute Gasteiger partial charge is 0.273 e. The molecule has 1 amide bonds. The zero-order valence-corrected chi connectivity index (χ0v) is 15.2. The maximum absolute atomic E-state index is 13.3. The normalized spacial score (nSPS) is 11.3. The second-order valence-corrected chi connectivity index (χ2v) is 6.24. The Hall–Kier alpha value is -3.67. The number of hydrogen-bond donors (Lipinski definition) is 1. The molecule has 0 fully saturated rings. The lowest BCUT2D eigenvalue weighted by molar-refractivity contribution is -0.136. The summed E-state index contributed by atoms with van der Waals surface area (Å²) in [5.41, 5.74) is 1.23. The summed E-state index contributed by atoms with van der Waals surface area (Å²) in [6, 6.07) is 11.5. The summed E-state index contributed by atoms with van der Waals surface area (Å²) in [6.07, 6.45) is -4.61. The van der Waals surface area contributed by atoms with Gasteiger partial charge in [-0.15, -0.1) is 0 Å². The Morgan fingerprint density at radius 3 is 2.48 bits per heavy atom. The molecule has 148 valence electrons. The summed E-state index contributed by atoms with van der Waals surface area (Å²) in [4.78, 5) is 29.1. The van der Waals surface area contributed by atoms with Gasteiger partial charge in [-0.25, -0.2) is 9.66 Å². The van der Waals surface area contributed by atoms with E-state index in [9.17, 15) is 22.8 Å². The van der Waals surface area contributed by atoms with Crippen LogP contribution >= 0.6 is 0 Å². The molecule has 3 rings (SSSR count). The maximum Gasteiger partial charge on any atom is 0.418 e. The minimum atomic E-state index is -4.66. The molecule has 2 aromatic carbocycles. The molecule has 1 aromatic heterocycles. The van der Waals surface area contributed by atoms with Crippen LogP contribution in [0.25, 0.3) is 10.9 Å². The quantitative estimate of drug-likeness (QED) is 0.729.